The van der Waals surface area contributed by atoms with E-state index in [-0.39, 0.29) is 0 Å². The maximum atomic E-state index is 11.4. The van der Waals surface area contributed by atoms with Crippen molar-refractivity contribution in [3.05, 3.63) is 35.4 Å². The minimum absolute atomic E-state index is 0.344. The molecule has 0 bridgehead atoms. The van der Waals surface area contributed by atoms with Crippen LogP contribution >= 0.6 is 0 Å². The Kier molecular flexibility index (Phi) is 7.49. The van der Waals surface area contributed by atoms with Gasteiger partial charge in [0.1, 0.15) is 11.9 Å². The van der Waals surface area contributed by atoms with Crippen molar-refractivity contribution in [3.63, 3.8) is 0 Å². The second-order valence-electron chi connectivity index (χ2n) is 4.72. The summed E-state index contributed by atoms with van der Waals surface area (Å²) in [7, 11) is 0. The summed E-state index contributed by atoms with van der Waals surface area (Å²) >= 11 is 0. The van der Waals surface area contributed by atoms with Crippen molar-refractivity contribution >= 4 is 12.4 Å². The van der Waals surface area contributed by atoms with Crippen LogP contribution in [0.2, 0.25) is 0 Å². The van der Waals surface area contributed by atoms with Gasteiger partial charge in [-0.2, -0.15) is 0 Å². The van der Waals surface area contributed by atoms with Gasteiger partial charge < -0.3 is 10.1 Å². The summed E-state index contributed by atoms with van der Waals surface area (Å²) in [6, 6.07) is 7.05. The van der Waals surface area contributed by atoms with Gasteiger partial charge in [-0.15, -0.1) is 0 Å². The first kappa shape index (κ1) is 17.2. The molecular weight excluding hydrogens is 242 g/mol. The number of hydrogen-bond acceptors (Lipinski definition) is 3. The number of alkyl carbamates (subject to hydrolysis) is 1. The first-order valence-corrected chi connectivity index (χ1v) is 6.42. The van der Waals surface area contributed by atoms with E-state index in [0.717, 1.165) is 11.8 Å². The highest BCUT2D eigenvalue weighted by atomic mass is 16.6. The number of rotatable bonds is 3. The standard InChI is InChI=1S/C13H17NO3.C2H6/c1-13(2,3)17-12(16)14-8-10-5-4-6-11(7-10)9-15;1-2/h4-7,9H,8H2,1-3H3,(H,14,16);1-2H3. The molecule has 19 heavy (non-hydrogen) atoms. The Morgan fingerprint density at radius 2 is 1.95 bits per heavy atom. The summed E-state index contributed by atoms with van der Waals surface area (Å²) < 4.78 is 5.10. The van der Waals surface area contributed by atoms with Gasteiger partial charge in [-0.1, -0.05) is 32.0 Å². The van der Waals surface area contributed by atoms with Crippen LogP contribution in [0.5, 0.6) is 0 Å². The molecule has 0 saturated heterocycles. The highest BCUT2D eigenvalue weighted by molar-refractivity contribution is 5.75. The molecule has 0 aliphatic heterocycles. The normalized spacial score (nSPS) is 9.95. The molecule has 1 aromatic rings. The fourth-order valence-corrected chi connectivity index (χ4v) is 1.26. The second kappa shape index (κ2) is 8.29. The molecule has 0 aromatic heterocycles. The Morgan fingerprint density at radius 1 is 1.32 bits per heavy atom. The molecule has 0 atom stereocenters. The third-order valence-electron chi connectivity index (χ3n) is 1.92. The van der Waals surface area contributed by atoms with E-state index in [1.165, 1.54) is 0 Å². The number of ether oxygens (including phenoxy) is 1. The monoisotopic (exact) mass is 265 g/mol. The van der Waals surface area contributed by atoms with Crippen molar-refractivity contribution < 1.29 is 14.3 Å². The van der Waals surface area contributed by atoms with E-state index in [1.807, 2.05) is 19.9 Å². The molecule has 0 spiro atoms. The first-order chi connectivity index (χ1) is 8.90. The quantitative estimate of drug-likeness (QED) is 0.850. The highest BCUT2D eigenvalue weighted by Gasteiger charge is 2.15. The van der Waals surface area contributed by atoms with E-state index in [1.54, 1.807) is 39.0 Å². The van der Waals surface area contributed by atoms with Gasteiger partial charge in [-0.05, 0) is 32.4 Å². The maximum Gasteiger partial charge on any atom is 0.407 e. The van der Waals surface area contributed by atoms with Crippen LogP contribution in [0.1, 0.15) is 50.5 Å². The third-order valence-corrected chi connectivity index (χ3v) is 1.92. The van der Waals surface area contributed by atoms with Gasteiger partial charge in [0.25, 0.3) is 0 Å². The molecule has 0 radical (unpaired) electrons. The molecule has 0 saturated carbocycles. The Hall–Kier alpha value is -1.84. The Morgan fingerprint density at radius 3 is 2.47 bits per heavy atom. The number of amides is 1. The van der Waals surface area contributed by atoms with E-state index >= 15 is 0 Å². The molecule has 1 aromatic carbocycles. The van der Waals surface area contributed by atoms with E-state index in [2.05, 4.69) is 5.32 Å². The van der Waals surface area contributed by atoms with Gasteiger partial charge in [0, 0.05) is 12.1 Å². The van der Waals surface area contributed by atoms with Crippen LogP contribution in [-0.2, 0) is 11.3 Å². The molecule has 0 heterocycles. The van der Waals surface area contributed by atoms with Gasteiger partial charge in [-0.3, -0.25) is 4.79 Å². The van der Waals surface area contributed by atoms with Gasteiger partial charge in [0.2, 0.25) is 0 Å². The topological polar surface area (TPSA) is 55.4 Å². The lowest BCUT2D eigenvalue weighted by Gasteiger charge is -2.19. The van der Waals surface area contributed by atoms with Crippen LogP contribution in [-0.4, -0.2) is 18.0 Å². The molecular formula is C15H23NO3. The van der Waals surface area contributed by atoms with Crippen molar-refractivity contribution in [2.24, 2.45) is 0 Å². The minimum atomic E-state index is -0.505. The number of nitrogens with one attached hydrogen (secondary N) is 1. The molecule has 0 aliphatic rings. The predicted molar refractivity (Wildman–Crippen MR) is 76.3 cm³/mol. The highest BCUT2D eigenvalue weighted by Crippen LogP contribution is 2.07. The average molecular weight is 265 g/mol. The third kappa shape index (κ3) is 7.97. The fraction of sp³-hybridized carbons (Fsp3) is 0.467. The van der Waals surface area contributed by atoms with E-state index in [9.17, 15) is 9.59 Å². The summed E-state index contributed by atoms with van der Waals surface area (Å²) in [5.74, 6) is 0. The van der Waals surface area contributed by atoms with Gasteiger partial charge in [-0.25, -0.2) is 4.79 Å². The Balaban J connectivity index is 0.00000154. The van der Waals surface area contributed by atoms with Gasteiger partial charge in [0.05, 0.1) is 0 Å². The summed E-state index contributed by atoms with van der Waals surface area (Å²) in [4.78, 5) is 22.0. The molecule has 0 unspecified atom stereocenters. The van der Waals surface area contributed by atoms with Gasteiger partial charge >= 0.3 is 6.09 Å². The number of carbonyl (C=O) groups is 2. The van der Waals surface area contributed by atoms with Crippen LogP contribution in [0.15, 0.2) is 24.3 Å². The number of carbonyl (C=O) groups excluding carboxylic acids is 2. The number of hydrogen-bond donors (Lipinski definition) is 1. The largest absolute Gasteiger partial charge is 0.444 e. The second-order valence-corrected chi connectivity index (χ2v) is 4.72. The zero-order valence-electron chi connectivity index (χ0n) is 12.3. The van der Waals surface area contributed by atoms with Crippen LogP contribution in [0, 0.1) is 0 Å². The van der Waals surface area contributed by atoms with Crippen LogP contribution in [0.25, 0.3) is 0 Å². The molecule has 4 heteroatoms. The van der Waals surface area contributed by atoms with Crippen molar-refractivity contribution in [1.29, 1.82) is 0 Å². The van der Waals surface area contributed by atoms with Gasteiger partial charge in [0.15, 0.2) is 0 Å². The maximum absolute atomic E-state index is 11.4. The van der Waals surface area contributed by atoms with Crippen molar-refractivity contribution in [2.75, 3.05) is 0 Å². The average Bonchev–Trinajstić information content (AvgIpc) is 2.37. The minimum Gasteiger partial charge on any atom is -0.444 e. The van der Waals surface area contributed by atoms with Crippen LogP contribution in [0.3, 0.4) is 0 Å². The van der Waals surface area contributed by atoms with Crippen LogP contribution in [0.4, 0.5) is 4.79 Å². The van der Waals surface area contributed by atoms with Crippen molar-refractivity contribution in [1.82, 2.24) is 5.32 Å². The summed E-state index contributed by atoms with van der Waals surface area (Å²) in [6.07, 6.45) is 0.311. The molecule has 1 amide bonds. The molecule has 106 valence electrons. The predicted octanol–water partition coefficient (Wildman–Crippen LogP) is 3.55. The lowest BCUT2D eigenvalue weighted by Crippen LogP contribution is -2.32. The Bertz CT molecular complexity index is 408. The smallest absolute Gasteiger partial charge is 0.407 e. The van der Waals surface area contributed by atoms with Crippen LogP contribution < -0.4 is 5.32 Å². The Labute approximate surface area is 115 Å². The number of benzene rings is 1. The van der Waals surface area contributed by atoms with Crippen molar-refractivity contribution in [3.8, 4) is 0 Å². The molecule has 0 fully saturated rings. The first-order valence-electron chi connectivity index (χ1n) is 6.42. The van der Waals surface area contributed by atoms with E-state index in [0.29, 0.717) is 12.1 Å². The van der Waals surface area contributed by atoms with E-state index < -0.39 is 11.7 Å². The van der Waals surface area contributed by atoms with E-state index in [4.69, 9.17) is 4.74 Å². The zero-order chi connectivity index (χ0) is 14.9. The summed E-state index contributed by atoms with van der Waals surface area (Å²) in [6.45, 7) is 9.76. The SMILES string of the molecule is CC.CC(C)(C)OC(=O)NCc1cccc(C=O)c1. The van der Waals surface area contributed by atoms with Crippen molar-refractivity contribution in [2.45, 2.75) is 46.8 Å². The number of aldehydes is 1. The molecule has 1 rings (SSSR count). The zero-order valence-corrected chi connectivity index (χ0v) is 12.3. The summed E-state index contributed by atoms with van der Waals surface area (Å²) in [5.41, 5.74) is 0.947. The molecule has 4 nitrogen and oxygen atoms in total. The summed E-state index contributed by atoms with van der Waals surface area (Å²) in [5, 5.41) is 2.63. The lowest BCUT2D eigenvalue weighted by atomic mass is 10.1. The molecule has 1 N–H and O–H groups in total. The lowest BCUT2D eigenvalue weighted by molar-refractivity contribution is 0.0523. The molecule has 0 aliphatic carbocycles. The fourth-order valence-electron chi connectivity index (χ4n) is 1.26.